The van der Waals surface area contributed by atoms with Crippen LogP contribution in [0.15, 0.2) is 51.4 Å². The third-order valence-electron chi connectivity index (χ3n) is 3.78. The van der Waals surface area contributed by atoms with E-state index < -0.39 is 29.5 Å². The number of para-hydroxylation sites is 1. The average Bonchev–Trinajstić information content (AvgIpc) is 3.07. The molecule has 26 heavy (non-hydrogen) atoms. The molecular formula is C18H13BrF2N2O3. The van der Waals surface area contributed by atoms with E-state index >= 15 is 0 Å². The maximum Gasteiger partial charge on any atom is 0.287 e. The van der Waals surface area contributed by atoms with Gasteiger partial charge in [-0.15, -0.1) is 0 Å². The van der Waals surface area contributed by atoms with Crippen LogP contribution in [0.2, 0.25) is 0 Å². The van der Waals surface area contributed by atoms with Crippen molar-refractivity contribution < 1.29 is 22.8 Å². The molecule has 0 aliphatic rings. The number of benzene rings is 2. The molecule has 0 saturated heterocycles. The van der Waals surface area contributed by atoms with E-state index in [1.807, 2.05) is 0 Å². The third kappa shape index (κ3) is 3.45. The summed E-state index contributed by atoms with van der Waals surface area (Å²) in [6, 6.07) is 8.64. The van der Waals surface area contributed by atoms with Gasteiger partial charge in [0, 0.05) is 12.4 Å². The highest BCUT2D eigenvalue weighted by atomic mass is 79.9. The van der Waals surface area contributed by atoms with E-state index in [-0.39, 0.29) is 11.3 Å². The number of furan rings is 1. The van der Waals surface area contributed by atoms with Gasteiger partial charge in [0.15, 0.2) is 17.4 Å². The third-order valence-corrected chi connectivity index (χ3v) is 4.41. The molecule has 2 N–H and O–H groups in total. The van der Waals surface area contributed by atoms with Gasteiger partial charge in [0.1, 0.15) is 11.6 Å². The number of likely N-dealkylation sites (N-methyl/N-ethyl adjacent to an activating group) is 1. The van der Waals surface area contributed by atoms with Gasteiger partial charge in [0.05, 0.1) is 4.47 Å². The van der Waals surface area contributed by atoms with Gasteiger partial charge in [0.25, 0.3) is 5.91 Å². The van der Waals surface area contributed by atoms with E-state index in [9.17, 15) is 18.4 Å². The zero-order valence-corrected chi connectivity index (χ0v) is 15.1. The van der Waals surface area contributed by atoms with Crippen molar-refractivity contribution in [2.45, 2.75) is 6.04 Å². The van der Waals surface area contributed by atoms with Crippen LogP contribution in [0.1, 0.15) is 22.2 Å². The molecule has 5 nitrogen and oxygen atoms in total. The minimum Gasteiger partial charge on any atom is -0.450 e. The van der Waals surface area contributed by atoms with Crippen LogP contribution in [0, 0.1) is 11.6 Å². The predicted octanol–water partition coefficient (Wildman–Crippen LogP) is 3.69. The predicted molar refractivity (Wildman–Crippen MR) is 94.5 cm³/mol. The van der Waals surface area contributed by atoms with Crippen LogP contribution in [-0.4, -0.2) is 18.9 Å². The molecule has 1 aromatic heterocycles. The number of carbonyl (C=O) groups is 2. The monoisotopic (exact) mass is 422 g/mol. The SMILES string of the molecule is CNC(=O)C(NC(=O)c1cc2cccc(Br)c2o1)c1ccc(F)c(F)c1. The highest BCUT2D eigenvalue weighted by molar-refractivity contribution is 9.10. The number of fused-ring (bicyclic) bond motifs is 1. The summed E-state index contributed by atoms with van der Waals surface area (Å²) in [6.07, 6.45) is 0. The Bertz CT molecular complexity index is 1000. The normalized spacial score (nSPS) is 12.0. The number of rotatable bonds is 4. The van der Waals surface area contributed by atoms with Gasteiger partial charge in [-0.05, 0) is 45.8 Å². The molecule has 0 radical (unpaired) electrons. The van der Waals surface area contributed by atoms with E-state index in [1.54, 1.807) is 18.2 Å². The van der Waals surface area contributed by atoms with Crippen LogP contribution < -0.4 is 10.6 Å². The van der Waals surface area contributed by atoms with Gasteiger partial charge in [-0.3, -0.25) is 9.59 Å². The van der Waals surface area contributed by atoms with Crippen LogP contribution in [0.5, 0.6) is 0 Å². The number of halogens is 3. The van der Waals surface area contributed by atoms with E-state index in [1.165, 1.54) is 19.2 Å². The van der Waals surface area contributed by atoms with Crippen molar-refractivity contribution in [2.75, 3.05) is 7.05 Å². The van der Waals surface area contributed by atoms with Crippen LogP contribution >= 0.6 is 15.9 Å². The van der Waals surface area contributed by atoms with E-state index in [0.29, 0.717) is 15.4 Å². The van der Waals surface area contributed by atoms with Crippen molar-refractivity contribution in [1.82, 2.24) is 10.6 Å². The molecule has 134 valence electrons. The largest absolute Gasteiger partial charge is 0.450 e. The number of amides is 2. The first kappa shape index (κ1) is 18.1. The van der Waals surface area contributed by atoms with Crippen LogP contribution in [-0.2, 0) is 4.79 Å². The second-order valence-electron chi connectivity index (χ2n) is 5.46. The number of nitrogens with one attached hydrogen (secondary N) is 2. The molecule has 2 aromatic carbocycles. The average molecular weight is 423 g/mol. The summed E-state index contributed by atoms with van der Waals surface area (Å²) in [4.78, 5) is 24.6. The molecule has 1 unspecified atom stereocenters. The zero-order chi connectivity index (χ0) is 18.8. The fraction of sp³-hybridized carbons (Fsp3) is 0.111. The van der Waals surface area contributed by atoms with Crippen molar-refractivity contribution in [3.8, 4) is 0 Å². The zero-order valence-electron chi connectivity index (χ0n) is 13.5. The lowest BCUT2D eigenvalue weighted by atomic mass is 10.1. The van der Waals surface area contributed by atoms with Crippen molar-refractivity contribution in [3.05, 3.63) is 69.9 Å². The minimum absolute atomic E-state index is 0.0108. The first-order chi connectivity index (χ1) is 12.4. The van der Waals surface area contributed by atoms with Gasteiger partial charge < -0.3 is 15.1 Å². The summed E-state index contributed by atoms with van der Waals surface area (Å²) >= 11 is 3.33. The van der Waals surface area contributed by atoms with Crippen molar-refractivity contribution >= 4 is 38.7 Å². The fourth-order valence-corrected chi connectivity index (χ4v) is 2.94. The molecule has 0 spiro atoms. The van der Waals surface area contributed by atoms with Crippen molar-refractivity contribution in [1.29, 1.82) is 0 Å². The molecule has 0 aliphatic carbocycles. The van der Waals surface area contributed by atoms with E-state index in [0.717, 1.165) is 12.1 Å². The topological polar surface area (TPSA) is 71.3 Å². The number of hydrogen-bond donors (Lipinski definition) is 2. The number of carbonyl (C=O) groups excluding carboxylic acids is 2. The molecule has 8 heteroatoms. The van der Waals surface area contributed by atoms with Crippen LogP contribution in [0.3, 0.4) is 0 Å². The Morgan fingerprint density at radius 1 is 1.12 bits per heavy atom. The Morgan fingerprint density at radius 3 is 2.54 bits per heavy atom. The Labute approximate surface area is 155 Å². The smallest absolute Gasteiger partial charge is 0.287 e. The first-order valence-electron chi connectivity index (χ1n) is 7.56. The minimum atomic E-state index is -1.21. The van der Waals surface area contributed by atoms with Crippen molar-refractivity contribution in [3.63, 3.8) is 0 Å². The standard InChI is InChI=1S/C18H13BrF2N2O3/c1-22-18(25)15(9-5-6-12(20)13(21)7-9)23-17(24)14-8-10-3-2-4-11(19)16(10)26-14/h2-8,15H,1H3,(H,22,25)(H,23,24). The first-order valence-corrected chi connectivity index (χ1v) is 8.35. The quantitative estimate of drug-likeness (QED) is 0.673. The molecule has 2 amide bonds. The summed E-state index contributed by atoms with van der Waals surface area (Å²) < 4.78 is 32.9. The van der Waals surface area contributed by atoms with E-state index in [4.69, 9.17) is 4.42 Å². The summed E-state index contributed by atoms with van der Waals surface area (Å²) in [7, 11) is 1.37. The fourth-order valence-electron chi connectivity index (χ4n) is 2.48. The van der Waals surface area contributed by atoms with Gasteiger partial charge in [0.2, 0.25) is 5.91 Å². The van der Waals surface area contributed by atoms with Gasteiger partial charge in [-0.25, -0.2) is 8.78 Å². The lowest BCUT2D eigenvalue weighted by Gasteiger charge is -2.17. The second kappa shape index (κ2) is 7.25. The molecule has 1 atom stereocenters. The Balaban J connectivity index is 1.92. The maximum atomic E-state index is 13.5. The number of hydrogen-bond acceptors (Lipinski definition) is 3. The molecule has 3 rings (SSSR count). The van der Waals surface area contributed by atoms with Gasteiger partial charge in [-0.1, -0.05) is 18.2 Å². The summed E-state index contributed by atoms with van der Waals surface area (Å²) in [5.41, 5.74) is 0.593. The summed E-state index contributed by atoms with van der Waals surface area (Å²) in [5, 5.41) is 5.56. The summed E-state index contributed by atoms with van der Waals surface area (Å²) in [5.74, 6) is -3.41. The lowest BCUT2D eigenvalue weighted by Crippen LogP contribution is -2.39. The van der Waals surface area contributed by atoms with Crippen molar-refractivity contribution in [2.24, 2.45) is 0 Å². The molecule has 0 fully saturated rings. The molecule has 0 aliphatic heterocycles. The van der Waals surface area contributed by atoms with Gasteiger partial charge in [-0.2, -0.15) is 0 Å². The summed E-state index contributed by atoms with van der Waals surface area (Å²) in [6.45, 7) is 0. The van der Waals surface area contributed by atoms with Crippen LogP contribution in [0.4, 0.5) is 8.78 Å². The highest BCUT2D eigenvalue weighted by Gasteiger charge is 2.25. The molecule has 0 saturated carbocycles. The Morgan fingerprint density at radius 2 is 1.88 bits per heavy atom. The lowest BCUT2D eigenvalue weighted by molar-refractivity contribution is -0.122. The molecule has 1 heterocycles. The Kier molecular flexibility index (Phi) is 5.03. The Hall–Kier alpha value is -2.74. The van der Waals surface area contributed by atoms with Crippen LogP contribution in [0.25, 0.3) is 11.0 Å². The molecule has 0 bridgehead atoms. The second-order valence-corrected chi connectivity index (χ2v) is 6.32. The molecular weight excluding hydrogens is 410 g/mol. The maximum absolute atomic E-state index is 13.5. The molecule has 3 aromatic rings. The van der Waals surface area contributed by atoms with E-state index in [2.05, 4.69) is 26.6 Å². The highest BCUT2D eigenvalue weighted by Crippen LogP contribution is 2.27. The van der Waals surface area contributed by atoms with Gasteiger partial charge >= 0.3 is 0 Å².